The molecule has 9 heteroatoms. The van der Waals surface area contributed by atoms with Crippen LogP contribution in [0.5, 0.6) is 11.5 Å². The van der Waals surface area contributed by atoms with Crippen LogP contribution in [0.3, 0.4) is 0 Å². The molecule has 0 spiro atoms. The van der Waals surface area contributed by atoms with Gasteiger partial charge in [0.25, 0.3) is 6.43 Å². The van der Waals surface area contributed by atoms with Gasteiger partial charge in [-0.15, -0.1) is 13.2 Å². The summed E-state index contributed by atoms with van der Waals surface area (Å²) in [5.74, 6) is -1.46. The van der Waals surface area contributed by atoms with Crippen LogP contribution in [0.25, 0.3) is 11.1 Å². The molecule has 0 fully saturated rings. The van der Waals surface area contributed by atoms with Gasteiger partial charge >= 0.3 is 6.36 Å². The summed E-state index contributed by atoms with van der Waals surface area (Å²) in [7, 11) is 0. The number of hydrogen-bond donors (Lipinski definition) is 1. The van der Waals surface area contributed by atoms with E-state index < -0.39 is 30.8 Å². The molecular weight excluding hydrogens is 299 g/mol. The van der Waals surface area contributed by atoms with Gasteiger partial charge in [0.2, 0.25) is 0 Å². The molecule has 4 nitrogen and oxygen atoms in total. The van der Waals surface area contributed by atoms with Crippen LogP contribution >= 0.6 is 0 Å². The number of benzene rings is 1. The van der Waals surface area contributed by atoms with Gasteiger partial charge in [-0.05, 0) is 17.7 Å². The lowest BCUT2D eigenvalue weighted by atomic mass is 10.1. The second-order valence-electron chi connectivity index (χ2n) is 4.07. The molecule has 0 saturated carbocycles. The highest BCUT2D eigenvalue weighted by molar-refractivity contribution is 5.65. The quantitative estimate of drug-likeness (QED) is 0.880. The van der Waals surface area contributed by atoms with Crippen LogP contribution < -0.4 is 4.74 Å². The van der Waals surface area contributed by atoms with E-state index in [0.717, 1.165) is 16.8 Å². The van der Waals surface area contributed by atoms with Gasteiger partial charge in [-0.25, -0.2) is 8.78 Å². The number of rotatable bonds is 4. The Bertz CT molecular complexity index is 624. The largest absolute Gasteiger partial charge is 0.573 e. The van der Waals surface area contributed by atoms with Crippen LogP contribution in [0.15, 0.2) is 30.6 Å². The summed E-state index contributed by atoms with van der Waals surface area (Å²) in [6, 6.07) is 3.22. The summed E-state index contributed by atoms with van der Waals surface area (Å²) in [6.45, 7) is -0.596. The Morgan fingerprint density at radius 3 is 2.52 bits per heavy atom. The normalized spacial score (nSPS) is 11.9. The summed E-state index contributed by atoms with van der Waals surface area (Å²) in [6.07, 6.45) is -4.93. The molecule has 0 unspecified atom stereocenters. The number of alkyl halides is 5. The summed E-state index contributed by atoms with van der Waals surface area (Å²) in [5.41, 5.74) is 0.701. The van der Waals surface area contributed by atoms with Crippen molar-refractivity contribution in [3.05, 3.63) is 30.6 Å². The van der Waals surface area contributed by atoms with E-state index in [2.05, 4.69) is 9.84 Å². The van der Waals surface area contributed by atoms with Gasteiger partial charge in [-0.2, -0.15) is 5.10 Å². The molecule has 21 heavy (non-hydrogen) atoms. The van der Waals surface area contributed by atoms with Crippen LogP contribution in [0.1, 0.15) is 0 Å². The molecule has 0 radical (unpaired) electrons. The second-order valence-corrected chi connectivity index (χ2v) is 4.07. The highest BCUT2D eigenvalue weighted by Gasteiger charge is 2.32. The Morgan fingerprint density at radius 1 is 1.24 bits per heavy atom. The minimum Gasteiger partial charge on any atom is -0.504 e. The average Bonchev–Trinajstić information content (AvgIpc) is 2.77. The fourth-order valence-electron chi connectivity index (χ4n) is 1.66. The smallest absolute Gasteiger partial charge is 0.504 e. The first-order chi connectivity index (χ1) is 9.74. The van der Waals surface area contributed by atoms with E-state index in [1.807, 2.05) is 0 Å². The van der Waals surface area contributed by atoms with Gasteiger partial charge < -0.3 is 9.84 Å². The molecule has 0 aliphatic heterocycles. The fraction of sp³-hybridized carbons (Fsp3) is 0.250. The maximum Gasteiger partial charge on any atom is 0.573 e. The molecule has 1 N–H and O–H groups in total. The van der Waals surface area contributed by atoms with E-state index in [4.69, 9.17) is 0 Å². The number of halogens is 5. The van der Waals surface area contributed by atoms with Crippen molar-refractivity contribution in [3.63, 3.8) is 0 Å². The van der Waals surface area contributed by atoms with E-state index in [1.165, 1.54) is 18.5 Å². The van der Waals surface area contributed by atoms with Crippen LogP contribution in [0.4, 0.5) is 22.0 Å². The number of aromatic nitrogens is 2. The van der Waals surface area contributed by atoms with Crippen molar-refractivity contribution in [3.8, 4) is 22.6 Å². The van der Waals surface area contributed by atoms with Crippen LogP contribution in [0, 0.1) is 0 Å². The van der Waals surface area contributed by atoms with Gasteiger partial charge in [0.05, 0.1) is 6.20 Å². The van der Waals surface area contributed by atoms with Crippen molar-refractivity contribution in [2.24, 2.45) is 0 Å². The van der Waals surface area contributed by atoms with Crippen molar-refractivity contribution in [2.75, 3.05) is 0 Å². The molecule has 114 valence electrons. The number of ether oxygens (including phenoxy) is 1. The second kappa shape index (κ2) is 5.58. The highest BCUT2D eigenvalue weighted by atomic mass is 19.4. The summed E-state index contributed by atoms with van der Waals surface area (Å²) < 4.78 is 65.1. The van der Waals surface area contributed by atoms with Gasteiger partial charge in [-0.3, -0.25) is 4.68 Å². The topological polar surface area (TPSA) is 47.3 Å². The molecule has 0 aliphatic carbocycles. The lowest BCUT2D eigenvalue weighted by Crippen LogP contribution is -2.17. The molecular formula is C12H9F5N2O2. The lowest BCUT2D eigenvalue weighted by Gasteiger charge is -2.10. The molecule has 0 aliphatic rings. The molecule has 0 saturated heterocycles. The monoisotopic (exact) mass is 308 g/mol. The third-order valence-corrected chi connectivity index (χ3v) is 2.48. The van der Waals surface area contributed by atoms with Crippen LogP contribution in [-0.4, -0.2) is 27.7 Å². The zero-order chi connectivity index (χ0) is 15.6. The van der Waals surface area contributed by atoms with Crippen molar-refractivity contribution < 1.29 is 31.8 Å². The standard InChI is InChI=1S/C12H9F5N2O2/c13-11(14)6-19-5-8(4-18-19)7-1-2-10(9(20)3-7)21-12(15,16)17/h1-5,11,20H,6H2. The van der Waals surface area contributed by atoms with Gasteiger partial charge in [0.1, 0.15) is 6.54 Å². The van der Waals surface area contributed by atoms with Gasteiger partial charge in [0.15, 0.2) is 11.5 Å². The zero-order valence-corrected chi connectivity index (χ0v) is 10.3. The van der Waals surface area contributed by atoms with Gasteiger partial charge in [-0.1, -0.05) is 6.07 Å². The summed E-state index contributed by atoms with van der Waals surface area (Å²) in [5, 5.41) is 13.2. The summed E-state index contributed by atoms with van der Waals surface area (Å²) in [4.78, 5) is 0. The number of hydrogen-bond acceptors (Lipinski definition) is 3. The first kappa shape index (κ1) is 15.1. The average molecular weight is 308 g/mol. The Labute approximate surface area is 115 Å². The Kier molecular flexibility index (Phi) is 4.01. The number of phenolic OH excluding ortho intramolecular Hbond substituents is 1. The minimum absolute atomic E-state index is 0.322. The molecule has 1 aromatic heterocycles. The van der Waals surface area contributed by atoms with Crippen molar-refractivity contribution in [1.29, 1.82) is 0 Å². The predicted octanol–water partition coefficient (Wildman–Crippen LogP) is 3.42. The van der Waals surface area contributed by atoms with E-state index in [9.17, 15) is 27.1 Å². The molecule has 0 bridgehead atoms. The van der Waals surface area contributed by atoms with E-state index in [-0.39, 0.29) is 0 Å². The Morgan fingerprint density at radius 2 is 1.95 bits per heavy atom. The molecule has 0 amide bonds. The SMILES string of the molecule is Oc1cc(-c2cnn(CC(F)F)c2)ccc1OC(F)(F)F. The number of nitrogens with zero attached hydrogens (tertiary/aromatic N) is 2. The number of phenols is 1. The summed E-state index contributed by atoms with van der Waals surface area (Å²) >= 11 is 0. The maximum atomic E-state index is 12.2. The predicted molar refractivity (Wildman–Crippen MR) is 62.0 cm³/mol. The third kappa shape index (κ3) is 4.07. The minimum atomic E-state index is -4.92. The molecule has 2 rings (SSSR count). The Hall–Kier alpha value is -2.32. The van der Waals surface area contributed by atoms with E-state index in [0.29, 0.717) is 11.1 Å². The fourth-order valence-corrected chi connectivity index (χ4v) is 1.66. The van der Waals surface area contributed by atoms with E-state index in [1.54, 1.807) is 0 Å². The first-order valence-corrected chi connectivity index (χ1v) is 5.64. The molecule has 2 aromatic rings. The Balaban J connectivity index is 2.21. The zero-order valence-electron chi connectivity index (χ0n) is 10.3. The maximum absolute atomic E-state index is 12.2. The highest BCUT2D eigenvalue weighted by Crippen LogP contribution is 2.34. The lowest BCUT2D eigenvalue weighted by molar-refractivity contribution is -0.275. The number of aromatic hydroxyl groups is 1. The van der Waals surface area contributed by atoms with Crippen molar-refractivity contribution in [2.45, 2.75) is 19.3 Å². The third-order valence-electron chi connectivity index (χ3n) is 2.48. The molecule has 1 aromatic carbocycles. The van der Waals surface area contributed by atoms with Crippen molar-refractivity contribution in [1.82, 2.24) is 9.78 Å². The van der Waals surface area contributed by atoms with Gasteiger partial charge in [0, 0.05) is 11.8 Å². The van der Waals surface area contributed by atoms with Crippen molar-refractivity contribution >= 4 is 0 Å². The van der Waals surface area contributed by atoms with E-state index >= 15 is 0 Å². The molecule has 1 heterocycles. The van der Waals surface area contributed by atoms with Crippen LogP contribution in [-0.2, 0) is 6.54 Å². The molecule has 0 atom stereocenters. The van der Waals surface area contributed by atoms with Crippen LogP contribution in [0.2, 0.25) is 0 Å². The first-order valence-electron chi connectivity index (χ1n) is 5.64.